The summed E-state index contributed by atoms with van der Waals surface area (Å²) in [5.74, 6) is 1.25. The summed E-state index contributed by atoms with van der Waals surface area (Å²) in [6, 6.07) is 3.70. The minimum atomic E-state index is 0.606. The second kappa shape index (κ2) is 6.50. The van der Waals surface area contributed by atoms with Crippen molar-refractivity contribution < 1.29 is 0 Å². The minimum Gasteiger partial charge on any atom is -0.306 e. The van der Waals surface area contributed by atoms with E-state index in [0.717, 1.165) is 11.3 Å². The normalized spacial score (nSPS) is 30.5. The van der Waals surface area contributed by atoms with E-state index >= 15 is 0 Å². The zero-order valence-electron chi connectivity index (χ0n) is 11.5. The Bertz CT molecular complexity index is 432. The first kappa shape index (κ1) is 14.4. The summed E-state index contributed by atoms with van der Waals surface area (Å²) < 4.78 is 1.30. The van der Waals surface area contributed by atoms with Crippen LogP contribution in [-0.4, -0.2) is 17.0 Å². The molecule has 0 spiro atoms. The summed E-state index contributed by atoms with van der Waals surface area (Å²) in [5.41, 5.74) is 1.58. The van der Waals surface area contributed by atoms with E-state index in [1.807, 2.05) is 11.3 Å². The molecular weight excluding hydrogens is 338 g/mol. The van der Waals surface area contributed by atoms with Gasteiger partial charge in [0.05, 0.1) is 3.79 Å². The number of thiophene rings is 1. The van der Waals surface area contributed by atoms with Crippen LogP contribution in [0.4, 0.5) is 0 Å². The molecule has 3 atom stereocenters. The maximum absolute atomic E-state index is 3.99. The van der Waals surface area contributed by atoms with Crippen LogP contribution in [0.15, 0.2) is 9.85 Å². The molecule has 0 radical (unpaired) electrons. The molecule has 1 N–H and O–H groups in total. The third kappa shape index (κ3) is 3.22. The minimum absolute atomic E-state index is 0.606. The zero-order chi connectivity index (χ0) is 13.2. The fraction of sp³-hybridized carbons (Fsp3) is 0.733. The number of rotatable bonds is 4. The summed E-state index contributed by atoms with van der Waals surface area (Å²) in [6.45, 7) is 2.29. The Morgan fingerprint density at radius 1 is 1.37 bits per heavy atom. The molecule has 1 aromatic rings. The monoisotopic (exact) mass is 359 g/mol. The van der Waals surface area contributed by atoms with Gasteiger partial charge < -0.3 is 5.32 Å². The van der Waals surface area contributed by atoms with Crippen LogP contribution in [0, 0.1) is 0 Å². The quantitative estimate of drug-likeness (QED) is 0.797. The topological polar surface area (TPSA) is 12.0 Å². The van der Waals surface area contributed by atoms with Crippen LogP contribution >= 0.6 is 39.0 Å². The molecule has 3 rings (SSSR count). The zero-order valence-corrected chi connectivity index (χ0v) is 14.7. The molecule has 1 nitrogen and oxygen atoms in total. The molecule has 1 aromatic heterocycles. The van der Waals surface area contributed by atoms with Gasteiger partial charge in [0.2, 0.25) is 0 Å². The first-order valence-electron chi connectivity index (χ1n) is 7.43. The van der Waals surface area contributed by atoms with Gasteiger partial charge in [0, 0.05) is 22.2 Å². The number of nitrogens with one attached hydrogen (secondary N) is 1. The van der Waals surface area contributed by atoms with E-state index < -0.39 is 0 Å². The standard InChI is InChI=1S/C15H22BrNS2/c1-2-18-14-8-4-6-12(14)17-11-5-3-7-13-10(11)9-15(16)19-13/h9,11-12,14,17H,2-8H2,1H3. The lowest BCUT2D eigenvalue weighted by Gasteiger charge is -2.29. The molecule has 1 saturated carbocycles. The van der Waals surface area contributed by atoms with Crippen LogP contribution in [-0.2, 0) is 6.42 Å². The van der Waals surface area contributed by atoms with Crippen molar-refractivity contribution in [2.45, 2.75) is 62.8 Å². The molecule has 0 aromatic carbocycles. The highest BCUT2D eigenvalue weighted by atomic mass is 79.9. The molecule has 1 heterocycles. The lowest BCUT2D eigenvalue weighted by atomic mass is 9.93. The summed E-state index contributed by atoms with van der Waals surface area (Å²) in [5, 5.41) is 4.83. The molecule has 0 aliphatic heterocycles. The second-order valence-electron chi connectivity index (χ2n) is 5.57. The van der Waals surface area contributed by atoms with Crippen LogP contribution in [0.1, 0.15) is 55.5 Å². The van der Waals surface area contributed by atoms with Gasteiger partial charge in [-0.3, -0.25) is 0 Å². The highest BCUT2D eigenvalue weighted by Crippen LogP contribution is 2.40. The van der Waals surface area contributed by atoms with Gasteiger partial charge in [-0.2, -0.15) is 11.8 Å². The lowest BCUT2D eigenvalue weighted by molar-refractivity contribution is 0.403. The number of hydrogen-bond acceptors (Lipinski definition) is 3. The van der Waals surface area contributed by atoms with E-state index in [1.165, 1.54) is 48.1 Å². The van der Waals surface area contributed by atoms with E-state index in [0.29, 0.717) is 6.04 Å². The fourth-order valence-electron chi connectivity index (χ4n) is 3.48. The van der Waals surface area contributed by atoms with E-state index in [9.17, 15) is 0 Å². The Morgan fingerprint density at radius 3 is 3.11 bits per heavy atom. The van der Waals surface area contributed by atoms with Crippen LogP contribution in [0.5, 0.6) is 0 Å². The van der Waals surface area contributed by atoms with Gasteiger partial charge >= 0.3 is 0 Å². The molecule has 0 saturated heterocycles. The maximum Gasteiger partial charge on any atom is 0.0704 e. The Morgan fingerprint density at radius 2 is 2.26 bits per heavy atom. The summed E-state index contributed by atoms with van der Waals surface area (Å²) in [7, 11) is 0. The molecule has 3 unspecified atom stereocenters. The van der Waals surface area contributed by atoms with Gasteiger partial charge in [-0.1, -0.05) is 13.3 Å². The molecule has 0 amide bonds. The van der Waals surface area contributed by atoms with E-state index in [1.54, 1.807) is 10.4 Å². The van der Waals surface area contributed by atoms with Crippen molar-refractivity contribution >= 4 is 39.0 Å². The average molecular weight is 360 g/mol. The smallest absolute Gasteiger partial charge is 0.0704 e. The number of thioether (sulfide) groups is 1. The molecule has 4 heteroatoms. The number of hydrogen-bond donors (Lipinski definition) is 1. The highest BCUT2D eigenvalue weighted by Gasteiger charge is 2.31. The summed E-state index contributed by atoms with van der Waals surface area (Å²) >= 11 is 7.74. The fourth-order valence-corrected chi connectivity index (χ4v) is 6.51. The van der Waals surface area contributed by atoms with Crippen LogP contribution in [0.3, 0.4) is 0 Å². The summed E-state index contributed by atoms with van der Waals surface area (Å²) in [6.07, 6.45) is 8.12. The van der Waals surface area contributed by atoms with Crippen molar-refractivity contribution in [2.24, 2.45) is 0 Å². The van der Waals surface area contributed by atoms with Crippen molar-refractivity contribution in [3.05, 3.63) is 20.3 Å². The Balaban J connectivity index is 1.70. The molecule has 19 heavy (non-hydrogen) atoms. The first-order valence-corrected chi connectivity index (χ1v) is 10.1. The van der Waals surface area contributed by atoms with Crippen LogP contribution in [0.25, 0.3) is 0 Å². The van der Waals surface area contributed by atoms with Crippen LogP contribution < -0.4 is 5.32 Å². The third-order valence-corrected chi connectivity index (χ3v) is 7.37. The third-order valence-electron chi connectivity index (χ3n) is 4.33. The van der Waals surface area contributed by atoms with Gasteiger partial charge in [0.15, 0.2) is 0 Å². The van der Waals surface area contributed by atoms with Crippen molar-refractivity contribution in [3.8, 4) is 0 Å². The second-order valence-corrected chi connectivity index (χ2v) is 9.60. The van der Waals surface area contributed by atoms with Crippen molar-refractivity contribution in [2.75, 3.05) is 5.75 Å². The molecule has 106 valence electrons. The average Bonchev–Trinajstić information content (AvgIpc) is 2.97. The van der Waals surface area contributed by atoms with Crippen molar-refractivity contribution in [1.82, 2.24) is 5.32 Å². The van der Waals surface area contributed by atoms with Crippen molar-refractivity contribution in [1.29, 1.82) is 0 Å². The van der Waals surface area contributed by atoms with E-state index in [4.69, 9.17) is 0 Å². The highest BCUT2D eigenvalue weighted by molar-refractivity contribution is 9.11. The largest absolute Gasteiger partial charge is 0.306 e. The first-order chi connectivity index (χ1) is 9.28. The van der Waals surface area contributed by atoms with Gasteiger partial charge in [-0.15, -0.1) is 11.3 Å². The molecular formula is C15H22BrNS2. The van der Waals surface area contributed by atoms with Gasteiger partial charge in [0.1, 0.15) is 0 Å². The Kier molecular flexibility index (Phi) is 4.94. The number of aryl methyl sites for hydroxylation is 1. The Labute approximate surface area is 133 Å². The lowest BCUT2D eigenvalue weighted by Crippen LogP contribution is -2.38. The predicted molar refractivity (Wildman–Crippen MR) is 90.4 cm³/mol. The Hall–Kier alpha value is 0.490. The molecule has 2 aliphatic carbocycles. The molecule has 1 fully saturated rings. The maximum atomic E-state index is 3.99. The van der Waals surface area contributed by atoms with E-state index in [-0.39, 0.29) is 0 Å². The van der Waals surface area contributed by atoms with Crippen molar-refractivity contribution in [3.63, 3.8) is 0 Å². The SMILES string of the molecule is CCSC1CCCC1NC1CCCc2sc(Br)cc21. The summed E-state index contributed by atoms with van der Waals surface area (Å²) in [4.78, 5) is 1.60. The predicted octanol–water partition coefficient (Wildman–Crippen LogP) is 5.15. The number of fused-ring (bicyclic) bond motifs is 1. The van der Waals surface area contributed by atoms with Gasteiger partial charge in [-0.05, 0) is 65.4 Å². The molecule has 2 aliphatic rings. The van der Waals surface area contributed by atoms with E-state index in [2.05, 4.69) is 46.0 Å². The van der Waals surface area contributed by atoms with Crippen LogP contribution in [0.2, 0.25) is 0 Å². The van der Waals surface area contributed by atoms with Gasteiger partial charge in [-0.25, -0.2) is 0 Å². The van der Waals surface area contributed by atoms with Gasteiger partial charge in [0.25, 0.3) is 0 Å². The number of halogens is 1. The molecule has 0 bridgehead atoms.